The number of methoxy groups -OCH3 is 1. The average molecular weight is 244 g/mol. The number of fused-ring (bicyclic) bond motifs is 1. The average Bonchev–Trinajstić information content (AvgIpc) is 3.04. The number of hydrogen-bond donors (Lipinski definition) is 0. The minimum Gasteiger partial charge on any atom is -0.497 e. The molecule has 0 amide bonds. The first-order valence-corrected chi connectivity index (χ1v) is 6.88. The molecule has 1 fully saturated rings. The largest absolute Gasteiger partial charge is 0.497 e. The number of rotatable bonds is 3. The number of benzene rings is 1. The zero-order chi connectivity index (χ0) is 12.5. The first kappa shape index (κ1) is 11.6. The van der Waals surface area contributed by atoms with Crippen LogP contribution in [0.5, 0.6) is 5.75 Å². The Kier molecular flexibility index (Phi) is 2.98. The van der Waals surface area contributed by atoms with Gasteiger partial charge in [0.15, 0.2) is 0 Å². The highest BCUT2D eigenvalue weighted by Gasteiger charge is 2.21. The topological polar surface area (TPSA) is 27.1 Å². The van der Waals surface area contributed by atoms with Gasteiger partial charge in [-0.1, -0.05) is 19.8 Å². The molecule has 1 aliphatic carbocycles. The Balaban J connectivity index is 2.16. The van der Waals surface area contributed by atoms with Gasteiger partial charge in [0.25, 0.3) is 0 Å². The second-order valence-electron chi connectivity index (χ2n) is 5.07. The van der Waals surface area contributed by atoms with Crippen molar-refractivity contribution < 1.29 is 4.74 Å². The Bertz CT molecular complexity index is 553. The number of ether oxygens (including phenoxy) is 1. The third-order valence-electron chi connectivity index (χ3n) is 4.00. The highest BCUT2D eigenvalue weighted by atomic mass is 16.5. The van der Waals surface area contributed by atoms with Crippen LogP contribution in [0.3, 0.4) is 0 Å². The molecule has 0 N–H and O–H groups in total. The maximum Gasteiger partial charge on any atom is 0.121 e. The summed E-state index contributed by atoms with van der Waals surface area (Å²) < 4.78 is 7.58. The van der Waals surface area contributed by atoms with E-state index in [1.807, 2.05) is 6.07 Å². The van der Waals surface area contributed by atoms with E-state index in [9.17, 15) is 0 Å². The summed E-state index contributed by atoms with van der Waals surface area (Å²) >= 11 is 0. The van der Waals surface area contributed by atoms with Crippen LogP contribution in [-0.4, -0.2) is 16.9 Å². The number of hydrogen-bond acceptors (Lipinski definition) is 2. The second-order valence-corrected chi connectivity index (χ2v) is 5.07. The van der Waals surface area contributed by atoms with E-state index in [-0.39, 0.29) is 0 Å². The highest BCUT2D eigenvalue weighted by Crippen LogP contribution is 2.34. The lowest BCUT2D eigenvalue weighted by atomic mass is 10.1. The van der Waals surface area contributed by atoms with Crippen molar-refractivity contribution in [1.82, 2.24) is 9.78 Å². The van der Waals surface area contributed by atoms with Gasteiger partial charge in [-0.2, -0.15) is 5.10 Å². The fourth-order valence-electron chi connectivity index (χ4n) is 3.00. The van der Waals surface area contributed by atoms with E-state index in [1.165, 1.54) is 42.3 Å². The van der Waals surface area contributed by atoms with Crippen molar-refractivity contribution in [3.05, 3.63) is 23.9 Å². The zero-order valence-corrected chi connectivity index (χ0v) is 11.1. The van der Waals surface area contributed by atoms with Gasteiger partial charge in [-0.05, 0) is 31.4 Å². The van der Waals surface area contributed by atoms with Gasteiger partial charge >= 0.3 is 0 Å². The molecule has 96 valence electrons. The van der Waals surface area contributed by atoms with Crippen molar-refractivity contribution in [2.45, 2.75) is 45.1 Å². The Morgan fingerprint density at radius 2 is 2.11 bits per heavy atom. The van der Waals surface area contributed by atoms with E-state index in [0.717, 1.165) is 12.2 Å². The minimum atomic E-state index is 0.583. The maximum absolute atomic E-state index is 5.34. The molecular weight excluding hydrogens is 224 g/mol. The molecule has 0 saturated heterocycles. The molecule has 3 heteroatoms. The first-order valence-electron chi connectivity index (χ1n) is 6.88. The first-order chi connectivity index (χ1) is 8.83. The molecule has 1 aliphatic rings. The Morgan fingerprint density at radius 1 is 1.33 bits per heavy atom. The van der Waals surface area contributed by atoms with Crippen molar-refractivity contribution >= 4 is 10.9 Å². The van der Waals surface area contributed by atoms with Crippen LogP contribution in [0.4, 0.5) is 0 Å². The molecule has 0 bridgehead atoms. The summed E-state index contributed by atoms with van der Waals surface area (Å²) in [5.41, 5.74) is 2.44. The third kappa shape index (κ3) is 1.78. The molecular formula is C15H20N2O. The molecule has 3 rings (SSSR count). The molecule has 2 aromatic rings. The van der Waals surface area contributed by atoms with Crippen molar-refractivity contribution in [3.63, 3.8) is 0 Å². The SMILES string of the molecule is CCc1nn(C2CCCC2)c2cc(OC)ccc12. The van der Waals surface area contributed by atoms with Gasteiger partial charge in [0.1, 0.15) is 5.75 Å². The van der Waals surface area contributed by atoms with E-state index < -0.39 is 0 Å². The molecule has 1 aromatic carbocycles. The molecule has 18 heavy (non-hydrogen) atoms. The molecule has 0 aliphatic heterocycles. The van der Waals surface area contributed by atoms with Crippen molar-refractivity contribution in [2.24, 2.45) is 0 Å². The van der Waals surface area contributed by atoms with Crippen molar-refractivity contribution in [1.29, 1.82) is 0 Å². The summed E-state index contributed by atoms with van der Waals surface area (Å²) in [6, 6.07) is 6.88. The van der Waals surface area contributed by atoms with Crippen LogP contribution in [0, 0.1) is 0 Å². The van der Waals surface area contributed by atoms with Gasteiger partial charge in [-0.15, -0.1) is 0 Å². The molecule has 1 aromatic heterocycles. The van der Waals surface area contributed by atoms with E-state index in [0.29, 0.717) is 6.04 Å². The summed E-state index contributed by atoms with van der Waals surface area (Å²) in [5, 5.41) is 6.11. The van der Waals surface area contributed by atoms with Gasteiger partial charge in [-0.25, -0.2) is 0 Å². The fourth-order valence-corrected chi connectivity index (χ4v) is 3.00. The third-order valence-corrected chi connectivity index (χ3v) is 4.00. The van der Waals surface area contributed by atoms with E-state index in [4.69, 9.17) is 9.84 Å². The highest BCUT2D eigenvalue weighted by molar-refractivity contribution is 5.83. The van der Waals surface area contributed by atoms with Gasteiger partial charge in [0, 0.05) is 11.5 Å². The molecule has 0 unspecified atom stereocenters. The van der Waals surface area contributed by atoms with Gasteiger partial charge in [-0.3, -0.25) is 4.68 Å². The van der Waals surface area contributed by atoms with Gasteiger partial charge in [0.05, 0.1) is 24.4 Å². The monoisotopic (exact) mass is 244 g/mol. The lowest BCUT2D eigenvalue weighted by molar-refractivity contribution is 0.414. The molecule has 0 spiro atoms. The summed E-state index contributed by atoms with van der Waals surface area (Å²) in [5.74, 6) is 0.921. The molecule has 1 saturated carbocycles. The molecule has 3 nitrogen and oxygen atoms in total. The van der Waals surface area contributed by atoms with Crippen molar-refractivity contribution in [3.8, 4) is 5.75 Å². The normalized spacial score (nSPS) is 16.6. The quantitative estimate of drug-likeness (QED) is 0.822. The smallest absolute Gasteiger partial charge is 0.121 e. The summed E-state index contributed by atoms with van der Waals surface area (Å²) in [6.07, 6.45) is 6.17. The summed E-state index contributed by atoms with van der Waals surface area (Å²) in [7, 11) is 1.72. The summed E-state index contributed by atoms with van der Waals surface area (Å²) in [6.45, 7) is 2.17. The van der Waals surface area contributed by atoms with E-state index in [1.54, 1.807) is 7.11 Å². The zero-order valence-electron chi connectivity index (χ0n) is 11.1. The van der Waals surface area contributed by atoms with Crippen LogP contribution in [0.1, 0.15) is 44.3 Å². The predicted molar refractivity (Wildman–Crippen MR) is 73.2 cm³/mol. The van der Waals surface area contributed by atoms with Crippen LogP contribution < -0.4 is 4.74 Å². The van der Waals surface area contributed by atoms with Crippen LogP contribution in [0.25, 0.3) is 10.9 Å². The number of aromatic nitrogens is 2. The molecule has 0 radical (unpaired) electrons. The molecule has 1 heterocycles. The van der Waals surface area contributed by atoms with Crippen LogP contribution in [0.2, 0.25) is 0 Å². The summed E-state index contributed by atoms with van der Waals surface area (Å²) in [4.78, 5) is 0. The van der Waals surface area contributed by atoms with E-state index in [2.05, 4.69) is 23.7 Å². The Morgan fingerprint density at radius 3 is 2.78 bits per heavy atom. The number of aryl methyl sites for hydroxylation is 1. The standard InChI is InChI=1S/C15H20N2O/c1-3-14-13-9-8-12(18-2)10-15(13)17(16-14)11-6-4-5-7-11/h8-11H,3-7H2,1-2H3. The van der Waals surface area contributed by atoms with E-state index >= 15 is 0 Å². The Hall–Kier alpha value is -1.51. The number of nitrogens with zero attached hydrogens (tertiary/aromatic N) is 2. The van der Waals surface area contributed by atoms with Gasteiger partial charge in [0.2, 0.25) is 0 Å². The van der Waals surface area contributed by atoms with Crippen LogP contribution >= 0.6 is 0 Å². The Labute approximate surface area is 108 Å². The maximum atomic E-state index is 5.34. The predicted octanol–water partition coefficient (Wildman–Crippen LogP) is 3.72. The van der Waals surface area contributed by atoms with Gasteiger partial charge < -0.3 is 4.74 Å². The lowest BCUT2D eigenvalue weighted by Crippen LogP contribution is -2.06. The van der Waals surface area contributed by atoms with Crippen molar-refractivity contribution in [2.75, 3.05) is 7.11 Å². The lowest BCUT2D eigenvalue weighted by Gasteiger charge is -2.11. The fraction of sp³-hybridized carbons (Fsp3) is 0.533. The van der Waals surface area contributed by atoms with Crippen LogP contribution in [0.15, 0.2) is 18.2 Å². The minimum absolute atomic E-state index is 0.583. The molecule has 0 atom stereocenters. The second kappa shape index (κ2) is 4.63. The van der Waals surface area contributed by atoms with Crippen LogP contribution in [-0.2, 0) is 6.42 Å².